The number of ether oxygens (including phenoxy) is 1. The zero-order valence-corrected chi connectivity index (χ0v) is 12.4. The first kappa shape index (κ1) is 13.6. The largest absolute Gasteiger partial charge is 0.457 e. The van der Waals surface area contributed by atoms with Crippen LogP contribution in [0.5, 0.6) is 11.5 Å². The molecule has 3 N–H and O–H groups in total. The van der Waals surface area contributed by atoms with Crippen molar-refractivity contribution in [3.63, 3.8) is 0 Å². The number of amidine groups is 1. The lowest BCUT2D eigenvalue weighted by Gasteiger charge is -2.11. The van der Waals surface area contributed by atoms with E-state index in [4.69, 9.17) is 15.9 Å². The highest BCUT2D eigenvalue weighted by Gasteiger charge is 2.06. The predicted molar refractivity (Wildman–Crippen MR) is 81.1 cm³/mol. The molecule has 2 aromatic rings. The zero-order valence-electron chi connectivity index (χ0n) is 10.8. The topological polar surface area (TPSA) is 59.1 Å². The quantitative estimate of drug-likeness (QED) is 0.660. The molecule has 0 fully saturated rings. The number of nitrogens with one attached hydrogen (secondary N) is 1. The molecule has 2 aromatic carbocycles. The standard InChI is InChI=1S/C15H15BrN2O/c1-9-3-4-11(16)8-14(9)19-12-5-6-13(15(17)18)10(2)7-12/h3-8H,1-2H3,(H3,17,18). The molecule has 0 unspecified atom stereocenters. The van der Waals surface area contributed by atoms with Crippen LogP contribution in [-0.2, 0) is 0 Å². The van der Waals surface area contributed by atoms with Crippen molar-refractivity contribution < 1.29 is 4.74 Å². The molecule has 0 aliphatic heterocycles. The molecular weight excluding hydrogens is 304 g/mol. The smallest absolute Gasteiger partial charge is 0.131 e. The van der Waals surface area contributed by atoms with E-state index in [-0.39, 0.29) is 5.84 Å². The van der Waals surface area contributed by atoms with Gasteiger partial charge in [-0.3, -0.25) is 5.41 Å². The lowest BCUT2D eigenvalue weighted by molar-refractivity contribution is 0.478. The molecule has 4 heteroatoms. The maximum atomic E-state index is 7.46. The van der Waals surface area contributed by atoms with E-state index in [2.05, 4.69) is 15.9 Å². The maximum absolute atomic E-state index is 7.46. The Morgan fingerprint density at radius 3 is 2.47 bits per heavy atom. The summed E-state index contributed by atoms with van der Waals surface area (Å²) in [5, 5.41) is 7.46. The minimum Gasteiger partial charge on any atom is -0.457 e. The first-order chi connectivity index (χ1) is 8.97. The summed E-state index contributed by atoms with van der Waals surface area (Å²) < 4.78 is 6.84. The molecule has 0 atom stereocenters. The highest BCUT2D eigenvalue weighted by atomic mass is 79.9. The minimum atomic E-state index is 0.0719. The SMILES string of the molecule is Cc1ccc(Br)cc1Oc1ccc(C(=N)N)c(C)c1. The normalized spacial score (nSPS) is 10.3. The van der Waals surface area contributed by atoms with Crippen molar-refractivity contribution in [3.8, 4) is 11.5 Å². The van der Waals surface area contributed by atoms with Gasteiger partial charge in [0.25, 0.3) is 0 Å². The van der Waals surface area contributed by atoms with E-state index in [1.165, 1.54) is 0 Å². The average Bonchev–Trinajstić information content (AvgIpc) is 2.33. The Morgan fingerprint density at radius 1 is 1.11 bits per heavy atom. The third-order valence-corrected chi connectivity index (χ3v) is 3.36. The van der Waals surface area contributed by atoms with Crippen LogP contribution in [0.2, 0.25) is 0 Å². The van der Waals surface area contributed by atoms with Crippen LogP contribution >= 0.6 is 15.9 Å². The van der Waals surface area contributed by atoms with Crippen LogP contribution in [0.3, 0.4) is 0 Å². The van der Waals surface area contributed by atoms with Gasteiger partial charge in [0.15, 0.2) is 0 Å². The molecule has 2 rings (SSSR count). The number of hydrogen-bond donors (Lipinski definition) is 2. The van der Waals surface area contributed by atoms with Gasteiger partial charge in [-0.15, -0.1) is 0 Å². The molecule has 98 valence electrons. The van der Waals surface area contributed by atoms with Crippen molar-refractivity contribution in [2.24, 2.45) is 5.73 Å². The predicted octanol–water partition coefficient (Wildman–Crippen LogP) is 4.14. The number of hydrogen-bond acceptors (Lipinski definition) is 2. The van der Waals surface area contributed by atoms with E-state index >= 15 is 0 Å². The zero-order chi connectivity index (χ0) is 14.0. The van der Waals surface area contributed by atoms with Crippen LogP contribution in [0.1, 0.15) is 16.7 Å². The first-order valence-electron chi connectivity index (χ1n) is 5.86. The van der Waals surface area contributed by atoms with E-state index in [1.807, 2.05) is 44.2 Å². The van der Waals surface area contributed by atoms with Crippen molar-refractivity contribution in [2.45, 2.75) is 13.8 Å². The Bertz CT molecular complexity index is 638. The molecular formula is C15H15BrN2O. The van der Waals surface area contributed by atoms with Gasteiger partial charge in [-0.05, 0) is 55.3 Å². The third-order valence-electron chi connectivity index (χ3n) is 2.87. The second-order valence-corrected chi connectivity index (χ2v) is 5.32. The number of halogens is 1. The van der Waals surface area contributed by atoms with Gasteiger partial charge in [-0.2, -0.15) is 0 Å². The van der Waals surface area contributed by atoms with Gasteiger partial charge in [0.2, 0.25) is 0 Å². The van der Waals surface area contributed by atoms with Crippen LogP contribution in [0, 0.1) is 19.3 Å². The van der Waals surface area contributed by atoms with E-state index < -0.39 is 0 Å². The summed E-state index contributed by atoms with van der Waals surface area (Å²) in [4.78, 5) is 0. The van der Waals surface area contributed by atoms with Gasteiger partial charge < -0.3 is 10.5 Å². The van der Waals surface area contributed by atoms with E-state index in [1.54, 1.807) is 6.07 Å². The second kappa shape index (κ2) is 5.45. The highest BCUT2D eigenvalue weighted by Crippen LogP contribution is 2.29. The Morgan fingerprint density at radius 2 is 1.84 bits per heavy atom. The Labute approximate surface area is 121 Å². The van der Waals surface area contributed by atoms with Gasteiger partial charge in [0, 0.05) is 10.0 Å². The average molecular weight is 319 g/mol. The Balaban J connectivity index is 2.31. The van der Waals surface area contributed by atoms with Crippen molar-refractivity contribution in [1.29, 1.82) is 5.41 Å². The molecule has 0 saturated carbocycles. The fraction of sp³-hybridized carbons (Fsp3) is 0.133. The number of benzene rings is 2. The van der Waals surface area contributed by atoms with Gasteiger partial charge in [0.1, 0.15) is 17.3 Å². The van der Waals surface area contributed by atoms with Crippen LogP contribution in [0.25, 0.3) is 0 Å². The van der Waals surface area contributed by atoms with Crippen LogP contribution in [0.4, 0.5) is 0 Å². The molecule has 0 saturated heterocycles. The molecule has 0 spiro atoms. The molecule has 0 heterocycles. The summed E-state index contributed by atoms with van der Waals surface area (Å²) in [5.74, 6) is 1.62. The number of rotatable bonds is 3. The molecule has 0 radical (unpaired) electrons. The van der Waals surface area contributed by atoms with Crippen molar-refractivity contribution in [2.75, 3.05) is 0 Å². The van der Waals surface area contributed by atoms with Crippen LogP contribution in [0.15, 0.2) is 40.9 Å². The van der Waals surface area contributed by atoms with Gasteiger partial charge in [-0.25, -0.2) is 0 Å². The summed E-state index contributed by atoms with van der Waals surface area (Å²) in [6.07, 6.45) is 0. The number of nitrogens with two attached hydrogens (primary N) is 1. The Hall–Kier alpha value is -1.81. The first-order valence-corrected chi connectivity index (χ1v) is 6.65. The minimum absolute atomic E-state index is 0.0719. The summed E-state index contributed by atoms with van der Waals surface area (Å²) in [6, 6.07) is 11.4. The van der Waals surface area contributed by atoms with Gasteiger partial charge in [0.05, 0.1) is 0 Å². The molecule has 3 nitrogen and oxygen atoms in total. The van der Waals surface area contributed by atoms with Crippen molar-refractivity contribution in [1.82, 2.24) is 0 Å². The fourth-order valence-electron chi connectivity index (χ4n) is 1.81. The van der Waals surface area contributed by atoms with E-state index in [0.717, 1.165) is 32.7 Å². The maximum Gasteiger partial charge on any atom is 0.131 e. The third kappa shape index (κ3) is 3.15. The van der Waals surface area contributed by atoms with Crippen LogP contribution < -0.4 is 10.5 Å². The van der Waals surface area contributed by atoms with Crippen molar-refractivity contribution >= 4 is 21.8 Å². The molecule has 0 amide bonds. The van der Waals surface area contributed by atoms with E-state index in [0.29, 0.717) is 0 Å². The van der Waals surface area contributed by atoms with Crippen molar-refractivity contribution in [3.05, 3.63) is 57.6 Å². The van der Waals surface area contributed by atoms with Crippen LogP contribution in [-0.4, -0.2) is 5.84 Å². The number of aryl methyl sites for hydroxylation is 2. The number of nitrogen functional groups attached to an aromatic ring is 1. The van der Waals surface area contributed by atoms with Gasteiger partial charge in [-0.1, -0.05) is 22.0 Å². The fourth-order valence-corrected chi connectivity index (χ4v) is 2.15. The molecule has 0 aliphatic rings. The lowest BCUT2D eigenvalue weighted by Crippen LogP contribution is -2.12. The molecule has 0 aliphatic carbocycles. The summed E-state index contributed by atoms with van der Waals surface area (Å²) >= 11 is 3.43. The summed E-state index contributed by atoms with van der Waals surface area (Å²) in [6.45, 7) is 3.91. The lowest BCUT2D eigenvalue weighted by atomic mass is 10.1. The summed E-state index contributed by atoms with van der Waals surface area (Å²) in [5.41, 5.74) is 8.23. The molecule has 19 heavy (non-hydrogen) atoms. The second-order valence-electron chi connectivity index (χ2n) is 4.40. The van der Waals surface area contributed by atoms with Gasteiger partial charge >= 0.3 is 0 Å². The Kier molecular flexibility index (Phi) is 3.90. The highest BCUT2D eigenvalue weighted by molar-refractivity contribution is 9.10. The van der Waals surface area contributed by atoms with E-state index in [9.17, 15) is 0 Å². The molecule has 0 aromatic heterocycles. The summed E-state index contributed by atoms with van der Waals surface area (Å²) in [7, 11) is 0. The monoisotopic (exact) mass is 318 g/mol. The molecule has 0 bridgehead atoms.